The number of amides is 3. The smallest absolute Gasteiger partial charge is 0.243 e. The van der Waals surface area contributed by atoms with Crippen LogP contribution in [0.4, 0.5) is 0 Å². The third kappa shape index (κ3) is 5.72. The molecule has 3 amide bonds. The lowest BCUT2D eigenvalue weighted by Gasteiger charge is -2.24. The van der Waals surface area contributed by atoms with Gasteiger partial charge in [0, 0.05) is 35.4 Å². The number of hydrogen-bond donors (Lipinski definition) is 3. The molecule has 2 fully saturated rings. The molecule has 0 aliphatic carbocycles. The molecular formula is C25H25Cl2N5O5. The van der Waals surface area contributed by atoms with Gasteiger partial charge in [-0.1, -0.05) is 29.3 Å². The van der Waals surface area contributed by atoms with Crippen molar-refractivity contribution in [2.45, 2.75) is 31.2 Å². The van der Waals surface area contributed by atoms with Crippen LogP contribution in [0.5, 0.6) is 0 Å². The highest BCUT2D eigenvalue weighted by atomic mass is 35.5. The summed E-state index contributed by atoms with van der Waals surface area (Å²) < 4.78 is 11.5. The molecule has 1 atom stereocenters. The Kier molecular flexibility index (Phi) is 7.34. The molecule has 10 nitrogen and oxygen atoms in total. The van der Waals surface area contributed by atoms with Gasteiger partial charge in [-0.05, 0) is 29.8 Å². The zero-order valence-corrected chi connectivity index (χ0v) is 21.3. The van der Waals surface area contributed by atoms with Gasteiger partial charge < -0.3 is 30.0 Å². The van der Waals surface area contributed by atoms with E-state index in [9.17, 15) is 14.4 Å². The molecule has 5 rings (SSSR count). The Balaban J connectivity index is 1.21. The van der Waals surface area contributed by atoms with Crippen LogP contribution in [-0.2, 0) is 36.8 Å². The van der Waals surface area contributed by atoms with Crippen molar-refractivity contribution >= 4 is 51.8 Å². The first-order valence-corrected chi connectivity index (χ1v) is 12.5. The van der Waals surface area contributed by atoms with Crippen molar-refractivity contribution in [2.24, 2.45) is 0 Å². The van der Waals surface area contributed by atoms with E-state index < -0.39 is 17.7 Å². The maximum Gasteiger partial charge on any atom is 0.243 e. The second-order valence-corrected chi connectivity index (χ2v) is 9.84. The fourth-order valence-corrected chi connectivity index (χ4v) is 4.96. The highest BCUT2D eigenvalue weighted by Gasteiger charge is 2.52. The number of nitrogens with zero attached hydrogens (tertiary/aromatic N) is 2. The summed E-state index contributed by atoms with van der Waals surface area (Å²) >= 11 is 11.9. The van der Waals surface area contributed by atoms with Gasteiger partial charge in [0.15, 0.2) is 5.79 Å². The van der Waals surface area contributed by atoms with Gasteiger partial charge in [-0.25, -0.2) is 0 Å². The second kappa shape index (κ2) is 10.7. The van der Waals surface area contributed by atoms with Crippen LogP contribution in [0, 0.1) is 0 Å². The van der Waals surface area contributed by atoms with Gasteiger partial charge in [0.2, 0.25) is 17.7 Å². The molecule has 1 aromatic carbocycles. The van der Waals surface area contributed by atoms with Crippen molar-refractivity contribution in [1.82, 2.24) is 25.5 Å². The second-order valence-electron chi connectivity index (χ2n) is 9.03. The molecule has 0 saturated carbocycles. The average Bonchev–Trinajstić information content (AvgIpc) is 3.62. The summed E-state index contributed by atoms with van der Waals surface area (Å²) in [5.74, 6) is -2.11. The number of ether oxygens (including phenoxy) is 2. The van der Waals surface area contributed by atoms with Gasteiger partial charge in [-0.3, -0.25) is 19.4 Å². The number of halogens is 2. The number of H-pyrrole nitrogens is 1. The van der Waals surface area contributed by atoms with E-state index in [1.807, 2.05) is 12.1 Å². The molecule has 0 bridgehead atoms. The number of hydrogen-bond acceptors (Lipinski definition) is 6. The van der Waals surface area contributed by atoms with Crippen LogP contribution in [0.2, 0.25) is 10.0 Å². The van der Waals surface area contributed by atoms with Crippen molar-refractivity contribution in [3.05, 3.63) is 64.0 Å². The van der Waals surface area contributed by atoms with Gasteiger partial charge in [-0.15, -0.1) is 0 Å². The maximum absolute atomic E-state index is 13.2. The Hall–Kier alpha value is -3.18. The van der Waals surface area contributed by atoms with Gasteiger partial charge >= 0.3 is 0 Å². The fraction of sp³-hybridized carbons (Fsp3) is 0.360. The van der Waals surface area contributed by atoms with Crippen molar-refractivity contribution in [1.29, 1.82) is 0 Å². The molecule has 0 radical (unpaired) electrons. The van der Waals surface area contributed by atoms with Gasteiger partial charge in [0.05, 0.1) is 49.3 Å². The van der Waals surface area contributed by atoms with E-state index in [1.165, 1.54) is 4.90 Å². The molecule has 12 heteroatoms. The molecule has 1 spiro atoms. The highest BCUT2D eigenvalue weighted by molar-refractivity contribution is 6.42. The Bertz CT molecular complexity index is 1310. The molecule has 3 N–H and O–H groups in total. The molecular weight excluding hydrogens is 521 g/mol. The van der Waals surface area contributed by atoms with Crippen LogP contribution in [0.15, 0.2) is 42.7 Å². The van der Waals surface area contributed by atoms with Crippen molar-refractivity contribution < 1.29 is 23.9 Å². The number of rotatable bonds is 7. The van der Waals surface area contributed by atoms with Crippen molar-refractivity contribution in [3.8, 4) is 0 Å². The average molecular weight is 546 g/mol. The first kappa shape index (κ1) is 25.5. The van der Waals surface area contributed by atoms with Crippen LogP contribution in [0.3, 0.4) is 0 Å². The molecule has 2 aromatic heterocycles. The third-order valence-electron chi connectivity index (χ3n) is 6.44. The molecule has 4 heterocycles. The number of aromatic amines is 1. The minimum Gasteiger partial charge on any atom is -0.357 e. The van der Waals surface area contributed by atoms with Crippen LogP contribution in [0.1, 0.15) is 17.7 Å². The predicted molar refractivity (Wildman–Crippen MR) is 136 cm³/mol. The van der Waals surface area contributed by atoms with E-state index in [0.29, 0.717) is 28.8 Å². The number of pyridine rings is 1. The van der Waals surface area contributed by atoms with Crippen LogP contribution in [-0.4, -0.2) is 70.7 Å². The largest absolute Gasteiger partial charge is 0.357 e. The summed E-state index contributed by atoms with van der Waals surface area (Å²) in [5.41, 5.74) is 2.39. The lowest BCUT2D eigenvalue weighted by atomic mass is 10.1. The zero-order valence-electron chi connectivity index (χ0n) is 19.8. The number of aromatic nitrogens is 2. The van der Waals surface area contributed by atoms with Crippen LogP contribution < -0.4 is 10.6 Å². The third-order valence-corrected chi connectivity index (χ3v) is 7.18. The Labute approximate surface area is 222 Å². The fourth-order valence-electron chi connectivity index (χ4n) is 4.64. The first-order valence-electron chi connectivity index (χ1n) is 11.8. The lowest BCUT2D eigenvalue weighted by molar-refractivity contribution is -0.152. The van der Waals surface area contributed by atoms with E-state index in [2.05, 4.69) is 20.6 Å². The van der Waals surface area contributed by atoms with Crippen LogP contribution in [0.25, 0.3) is 10.9 Å². The van der Waals surface area contributed by atoms with Gasteiger partial charge in [0.1, 0.15) is 6.04 Å². The summed E-state index contributed by atoms with van der Waals surface area (Å²) in [6.07, 6.45) is 3.67. The van der Waals surface area contributed by atoms with E-state index in [1.54, 1.807) is 30.6 Å². The van der Waals surface area contributed by atoms with E-state index in [-0.39, 0.29) is 44.3 Å². The summed E-state index contributed by atoms with van der Waals surface area (Å²) in [4.78, 5) is 47.5. The number of likely N-dealkylation sites (tertiary alicyclic amines) is 1. The Morgan fingerprint density at radius 3 is 2.68 bits per heavy atom. The van der Waals surface area contributed by atoms with Gasteiger partial charge in [-0.2, -0.15) is 0 Å². The molecule has 2 saturated heterocycles. The first-order chi connectivity index (χ1) is 17.8. The summed E-state index contributed by atoms with van der Waals surface area (Å²) in [5, 5.41) is 7.20. The normalized spacial score (nSPS) is 18.4. The quantitative estimate of drug-likeness (QED) is 0.417. The lowest BCUT2D eigenvalue weighted by Crippen LogP contribution is -2.49. The molecule has 0 unspecified atom stereocenters. The predicted octanol–water partition coefficient (Wildman–Crippen LogP) is 2.19. The van der Waals surface area contributed by atoms with E-state index in [4.69, 9.17) is 32.7 Å². The van der Waals surface area contributed by atoms with Crippen LogP contribution >= 0.6 is 23.2 Å². The Morgan fingerprint density at radius 2 is 1.92 bits per heavy atom. The Morgan fingerprint density at radius 1 is 1.11 bits per heavy atom. The monoisotopic (exact) mass is 545 g/mol. The minimum absolute atomic E-state index is 0.0320. The molecule has 3 aromatic rings. The topological polar surface area (TPSA) is 126 Å². The van der Waals surface area contributed by atoms with E-state index >= 15 is 0 Å². The van der Waals surface area contributed by atoms with Crippen molar-refractivity contribution in [2.75, 3.05) is 26.3 Å². The summed E-state index contributed by atoms with van der Waals surface area (Å²) in [6.45, 7) is 0.862. The SMILES string of the molecule is O=C(Cc1ccc(Cl)c(Cl)c1)NCC(=O)N1CC2(C[C@H]1C(=O)NCc1cc3cnccc3[nH]1)OCCO2. The van der Waals surface area contributed by atoms with Gasteiger partial charge in [0.25, 0.3) is 0 Å². The van der Waals surface area contributed by atoms with E-state index in [0.717, 1.165) is 16.6 Å². The minimum atomic E-state index is -1.02. The van der Waals surface area contributed by atoms with Crippen molar-refractivity contribution in [3.63, 3.8) is 0 Å². The standard InChI is InChI=1S/C25H25Cl2N5O5/c26-18-2-1-15(7-19(18)27)8-22(33)29-13-23(34)32-14-25(36-5-6-37-25)10-21(32)24(35)30-12-17-9-16-11-28-4-3-20(16)31-17/h1-4,7,9,11,21,31H,5-6,8,10,12-14H2,(H,29,33)(H,30,35)/t21-/m0/s1. The number of nitrogens with one attached hydrogen (secondary N) is 3. The number of fused-ring (bicyclic) bond motifs is 1. The number of benzene rings is 1. The maximum atomic E-state index is 13.2. The molecule has 37 heavy (non-hydrogen) atoms. The zero-order chi connectivity index (χ0) is 26.0. The summed E-state index contributed by atoms with van der Waals surface area (Å²) in [7, 11) is 0. The molecule has 2 aliphatic heterocycles. The molecule has 194 valence electrons. The number of carbonyl (C=O) groups is 3. The highest BCUT2D eigenvalue weighted by Crippen LogP contribution is 2.35. The molecule has 2 aliphatic rings. The summed E-state index contributed by atoms with van der Waals surface area (Å²) in [6, 6.07) is 7.87. The number of carbonyl (C=O) groups excluding carboxylic acids is 3.